The third-order valence-electron chi connectivity index (χ3n) is 5.78. The highest BCUT2D eigenvalue weighted by molar-refractivity contribution is 6.88. The molecule has 0 saturated carbocycles. The minimum Gasteiger partial charge on any atom is -0.460 e. The van der Waals surface area contributed by atoms with Gasteiger partial charge >= 0.3 is 29.1 Å². The quantitative estimate of drug-likeness (QED) is 0.0424. The van der Waals surface area contributed by atoms with E-state index < -0.39 is 74.5 Å². The average Bonchev–Trinajstić information content (AvgIpc) is 2.90. The van der Waals surface area contributed by atoms with Crippen LogP contribution in [0.1, 0.15) is 12.8 Å². The van der Waals surface area contributed by atoms with Gasteiger partial charge in [0.2, 0.25) is 0 Å². The molecule has 0 aromatic heterocycles. The van der Waals surface area contributed by atoms with Gasteiger partial charge in [-0.05, 0) is 117 Å². The number of rotatable bonds is 26. The maximum atomic E-state index is 11.1. The van der Waals surface area contributed by atoms with Crippen LogP contribution in [0.25, 0.3) is 0 Å². The van der Waals surface area contributed by atoms with Gasteiger partial charge in [-0.1, -0.05) is 13.2 Å². The van der Waals surface area contributed by atoms with Crippen molar-refractivity contribution in [3.8, 4) is 0 Å². The molecular weight excluding hydrogens is 745 g/mol. The zero-order chi connectivity index (χ0) is 39.5. The van der Waals surface area contributed by atoms with Crippen LogP contribution in [0.2, 0.25) is 104 Å². The normalized spacial score (nSPS) is 14.2. The van der Waals surface area contributed by atoms with Crippen molar-refractivity contribution in [3.05, 3.63) is 25.3 Å². The SMILES string of the molecule is C=CC(=O)OC(CO)COCCC[Si](C)(O[Si](C)(C)C)O[Si](C)(C)C.C=CC(=O)OCC(O)COCCC[Si](C)(O[Si](C)(C)C)O[Si](C)(C)C. The van der Waals surface area contributed by atoms with Crippen molar-refractivity contribution < 1.29 is 55.2 Å². The molecular formula is C32H72O12Si6. The maximum Gasteiger partial charge on any atom is 0.330 e. The summed E-state index contributed by atoms with van der Waals surface area (Å²) < 4.78 is 46.5. The van der Waals surface area contributed by atoms with E-state index in [1.54, 1.807) is 0 Å². The van der Waals surface area contributed by atoms with E-state index in [9.17, 15) is 19.8 Å². The molecule has 2 N–H and O–H groups in total. The molecule has 12 nitrogen and oxygen atoms in total. The Bertz CT molecular complexity index is 958. The van der Waals surface area contributed by atoms with Gasteiger partial charge in [-0.25, -0.2) is 9.59 Å². The molecule has 0 rings (SSSR count). The van der Waals surface area contributed by atoms with E-state index in [0.29, 0.717) is 13.2 Å². The van der Waals surface area contributed by atoms with E-state index in [-0.39, 0.29) is 26.4 Å². The number of esters is 2. The van der Waals surface area contributed by atoms with Crippen molar-refractivity contribution in [2.24, 2.45) is 0 Å². The molecule has 50 heavy (non-hydrogen) atoms. The van der Waals surface area contributed by atoms with Crippen molar-refractivity contribution in [2.45, 2.75) is 129 Å². The Morgan fingerprint density at radius 3 is 1.28 bits per heavy atom. The summed E-state index contributed by atoms with van der Waals surface area (Å²) in [4.78, 5) is 22.1. The average molecular weight is 817 g/mol. The lowest BCUT2D eigenvalue weighted by atomic mass is 10.4. The summed E-state index contributed by atoms with van der Waals surface area (Å²) in [6, 6.07) is 1.72. The van der Waals surface area contributed by atoms with Crippen LogP contribution >= 0.6 is 0 Å². The second-order valence-corrected chi connectivity index (χ2v) is 42.1. The van der Waals surface area contributed by atoms with Crippen LogP contribution in [0, 0.1) is 0 Å². The van der Waals surface area contributed by atoms with E-state index in [1.807, 2.05) is 0 Å². The molecule has 0 fully saturated rings. The first-order chi connectivity index (χ1) is 22.6. The first-order valence-corrected chi connectivity index (χ1v) is 36.1. The van der Waals surface area contributed by atoms with Crippen LogP contribution < -0.4 is 0 Å². The van der Waals surface area contributed by atoms with Gasteiger partial charge in [-0.2, -0.15) is 0 Å². The number of aliphatic hydroxyl groups excluding tert-OH is 2. The highest BCUT2D eigenvalue weighted by atomic mass is 28.5. The Morgan fingerprint density at radius 1 is 0.600 bits per heavy atom. The van der Waals surface area contributed by atoms with Gasteiger partial charge in [0.25, 0.3) is 0 Å². The zero-order valence-electron chi connectivity index (χ0n) is 33.8. The molecule has 296 valence electrons. The Kier molecular flexibility index (Phi) is 24.7. The number of hydrogen-bond donors (Lipinski definition) is 2. The topological polar surface area (TPSA) is 148 Å². The lowest BCUT2D eigenvalue weighted by Crippen LogP contribution is -2.52. The summed E-state index contributed by atoms with van der Waals surface area (Å²) in [5.74, 6) is -1.11. The second-order valence-electron chi connectivity index (χ2n) is 16.4. The summed E-state index contributed by atoms with van der Waals surface area (Å²) in [6.07, 6.45) is 2.27. The van der Waals surface area contributed by atoms with Crippen LogP contribution in [0.4, 0.5) is 0 Å². The third-order valence-corrected chi connectivity index (χ3v) is 25.0. The van der Waals surface area contributed by atoms with Crippen molar-refractivity contribution in [3.63, 3.8) is 0 Å². The molecule has 18 heteroatoms. The van der Waals surface area contributed by atoms with E-state index in [2.05, 4.69) is 105 Å². The first kappa shape index (κ1) is 51.5. The third kappa shape index (κ3) is 32.1. The Labute approximate surface area is 310 Å². The summed E-state index contributed by atoms with van der Waals surface area (Å²) in [6.45, 7) is 38.1. The predicted octanol–water partition coefficient (Wildman–Crippen LogP) is 6.52. The molecule has 0 amide bonds. The number of ether oxygens (including phenoxy) is 4. The van der Waals surface area contributed by atoms with Crippen LogP contribution in [0.5, 0.6) is 0 Å². The fraction of sp³-hybridized carbons (Fsp3) is 0.812. The lowest BCUT2D eigenvalue weighted by Gasteiger charge is -2.38. The molecule has 0 spiro atoms. The number of carbonyl (C=O) groups is 2. The Balaban J connectivity index is 0. The minimum atomic E-state index is -2.24. The molecule has 0 aliphatic rings. The van der Waals surface area contributed by atoms with Crippen LogP contribution in [-0.4, -0.2) is 124 Å². The van der Waals surface area contributed by atoms with Gasteiger partial charge in [0.15, 0.2) is 33.3 Å². The first-order valence-electron chi connectivity index (χ1n) is 17.4. The number of carbonyl (C=O) groups excluding carboxylic acids is 2. The molecule has 2 unspecified atom stereocenters. The molecule has 2 atom stereocenters. The molecule has 0 aromatic carbocycles. The minimum absolute atomic E-state index is 0.0885. The highest BCUT2D eigenvalue weighted by Gasteiger charge is 2.41. The van der Waals surface area contributed by atoms with Gasteiger partial charge in [0, 0.05) is 25.4 Å². The number of aliphatic hydroxyl groups is 2. The Morgan fingerprint density at radius 2 is 0.960 bits per heavy atom. The molecule has 0 radical (unpaired) electrons. The van der Waals surface area contributed by atoms with Crippen molar-refractivity contribution in [1.82, 2.24) is 0 Å². The fourth-order valence-electron chi connectivity index (χ4n) is 4.88. The van der Waals surface area contributed by atoms with E-state index in [4.69, 9.17) is 35.4 Å². The maximum absolute atomic E-state index is 11.1. The van der Waals surface area contributed by atoms with Crippen molar-refractivity contribution in [1.29, 1.82) is 0 Å². The Hall–Kier alpha value is -0.599. The van der Waals surface area contributed by atoms with Gasteiger partial charge < -0.3 is 45.6 Å². The summed E-state index contributed by atoms with van der Waals surface area (Å²) in [5, 5.41) is 18.9. The summed E-state index contributed by atoms with van der Waals surface area (Å²) in [7, 11) is -11.2. The summed E-state index contributed by atoms with van der Waals surface area (Å²) >= 11 is 0. The van der Waals surface area contributed by atoms with E-state index in [0.717, 1.165) is 37.1 Å². The van der Waals surface area contributed by atoms with Crippen molar-refractivity contribution in [2.75, 3.05) is 39.6 Å². The monoisotopic (exact) mass is 816 g/mol. The molecule has 0 aromatic rings. The van der Waals surface area contributed by atoms with Gasteiger partial charge in [-0.3, -0.25) is 0 Å². The molecule has 0 saturated heterocycles. The van der Waals surface area contributed by atoms with E-state index in [1.165, 1.54) is 0 Å². The van der Waals surface area contributed by atoms with Crippen LogP contribution in [0.3, 0.4) is 0 Å². The molecule has 0 bridgehead atoms. The largest absolute Gasteiger partial charge is 0.460 e. The molecule has 0 aliphatic heterocycles. The van der Waals surface area contributed by atoms with Crippen LogP contribution in [0.15, 0.2) is 25.3 Å². The van der Waals surface area contributed by atoms with Gasteiger partial charge in [0.1, 0.15) is 18.8 Å². The van der Waals surface area contributed by atoms with Gasteiger partial charge in [-0.15, -0.1) is 0 Å². The fourth-order valence-corrected chi connectivity index (χ4v) is 29.9. The highest BCUT2D eigenvalue weighted by Crippen LogP contribution is 2.26. The number of hydrogen-bond acceptors (Lipinski definition) is 12. The van der Waals surface area contributed by atoms with Crippen LogP contribution in [-0.2, 0) is 45.0 Å². The van der Waals surface area contributed by atoms with Crippen molar-refractivity contribution >= 4 is 62.3 Å². The standard InChI is InChI=1S/2C16H36O6Si3/c1-9-16(18)20-14-15(17)13-19-11-10-12-25(8,21-23(2,3)4)22-24(5,6)7;1-9-16(18)20-15(13-17)14-19-11-10-12-25(8,21-23(2,3)4)22-24(5,6)7/h2*9,15,17H,1,10-14H2,2-8H3. The summed E-state index contributed by atoms with van der Waals surface area (Å²) in [5.41, 5.74) is 0. The van der Waals surface area contributed by atoms with E-state index >= 15 is 0 Å². The molecule has 0 heterocycles. The molecule has 0 aliphatic carbocycles. The smallest absolute Gasteiger partial charge is 0.330 e. The predicted molar refractivity (Wildman–Crippen MR) is 216 cm³/mol. The lowest BCUT2D eigenvalue weighted by molar-refractivity contribution is -0.148. The zero-order valence-corrected chi connectivity index (χ0v) is 39.8. The second kappa shape index (κ2) is 23.9. The van der Waals surface area contributed by atoms with Gasteiger partial charge in [0.05, 0.1) is 19.8 Å².